The number of hydrogen-bond acceptors (Lipinski definition) is 3. The summed E-state index contributed by atoms with van der Waals surface area (Å²) in [5.41, 5.74) is 6.50. The monoisotopic (exact) mass is 198 g/mol. The second kappa shape index (κ2) is 2.90. The second-order valence-electron chi connectivity index (χ2n) is 2.59. The van der Waals surface area contributed by atoms with E-state index in [0.29, 0.717) is 16.1 Å². The summed E-state index contributed by atoms with van der Waals surface area (Å²) in [5, 5.41) is 0.551. The summed E-state index contributed by atoms with van der Waals surface area (Å²) in [4.78, 5) is 11.2. The van der Waals surface area contributed by atoms with Crippen molar-refractivity contribution in [3.8, 4) is 0 Å². The number of oxazole rings is 1. The first-order valence-corrected chi connectivity index (χ1v) is 4.09. The molecule has 0 spiro atoms. The van der Waals surface area contributed by atoms with Crippen LogP contribution in [0.2, 0.25) is 5.02 Å². The number of aromatic nitrogens is 1. The fraction of sp³-hybridized carbons (Fsp3) is 0.125. The van der Waals surface area contributed by atoms with Crippen LogP contribution in [0.5, 0.6) is 0 Å². The maximum atomic E-state index is 11.2. The zero-order valence-corrected chi connectivity index (χ0v) is 7.41. The third kappa shape index (κ3) is 1.24. The van der Waals surface area contributed by atoms with Gasteiger partial charge >= 0.3 is 5.76 Å². The Morgan fingerprint density at radius 1 is 1.54 bits per heavy atom. The lowest BCUT2D eigenvalue weighted by molar-refractivity contribution is 0.509. The lowest BCUT2D eigenvalue weighted by Gasteiger charge is -1.95. The highest BCUT2D eigenvalue weighted by Gasteiger charge is 2.07. The number of nitrogens with two attached hydrogens (primary N) is 1. The van der Waals surface area contributed by atoms with Crippen LogP contribution in [0.15, 0.2) is 27.4 Å². The Labute approximate surface area is 78.5 Å². The van der Waals surface area contributed by atoms with E-state index in [1.807, 2.05) is 0 Å². The Morgan fingerprint density at radius 2 is 2.31 bits per heavy atom. The normalized spacial score (nSPS) is 10.9. The van der Waals surface area contributed by atoms with Crippen molar-refractivity contribution in [3.63, 3.8) is 0 Å². The van der Waals surface area contributed by atoms with Crippen molar-refractivity contribution < 1.29 is 4.42 Å². The maximum absolute atomic E-state index is 11.2. The van der Waals surface area contributed by atoms with Crippen LogP contribution in [0.4, 0.5) is 0 Å². The van der Waals surface area contributed by atoms with Gasteiger partial charge in [0.15, 0.2) is 5.58 Å². The number of hydrogen-bond donors (Lipinski definition) is 1. The molecule has 0 saturated carbocycles. The Kier molecular flexibility index (Phi) is 1.86. The molecule has 0 aliphatic carbocycles. The van der Waals surface area contributed by atoms with E-state index >= 15 is 0 Å². The van der Waals surface area contributed by atoms with Crippen LogP contribution >= 0.6 is 11.6 Å². The van der Waals surface area contributed by atoms with Gasteiger partial charge in [0.05, 0.1) is 12.2 Å². The molecule has 2 rings (SSSR count). The summed E-state index contributed by atoms with van der Waals surface area (Å²) in [5.74, 6) is -0.459. The zero-order chi connectivity index (χ0) is 9.42. The van der Waals surface area contributed by atoms with Crippen LogP contribution in [0.25, 0.3) is 11.1 Å². The van der Waals surface area contributed by atoms with Crippen molar-refractivity contribution in [3.05, 3.63) is 33.8 Å². The lowest BCUT2D eigenvalue weighted by atomic mass is 10.3. The van der Waals surface area contributed by atoms with Gasteiger partial charge in [-0.05, 0) is 18.2 Å². The average Bonchev–Trinajstić information content (AvgIpc) is 2.40. The number of halogens is 1. The highest BCUT2D eigenvalue weighted by atomic mass is 35.5. The molecule has 0 aliphatic heterocycles. The Hall–Kier alpha value is -1.26. The molecule has 0 atom stereocenters. The van der Waals surface area contributed by atoms with E-state index in [4.69, 9.17) is 21.8 Å². The summed E-state index contributed by atoms with van der Waals surface area (Å²) in [7, 11) is 0. The molecule has 0 fully saturated rings. The molecule has 13 heavy (non-hydrogen) atoms. The van der Waals surface area contributed by atoms with Crippen molar-refractivity contribution in [2.45, 2.75) is 6.67 Å². The molecule has 0 saturated heterocycles. The molecule has 0 bridgehead atoms. The number of rotatable bonds is 1. The van der Waals surface area contributed by atoms with Gasteiger partial charge in [-0.15, -0.1) is 0 Å². The van der Waals surface area contributed by atoms with Crippen LogP contribution in [0.3, 0.4) is 0 Å². The van der Waals surface area contributed by atoms with E-state index < -0.39 is 5.76 Å². The molecule has 1 aromatic heterocycles. The maximum Gasteiger partial charge on any atom is 0.421 e. The smallest absolute Gasteiger partial charge is 0.408 e. The summed E-state index contributed by atoms with van der Waals surface area (Å²) in [6, 6.07) is 4.95. The van der Waals surface area contributed by atoms with Crippen molar-refractivity contribution in [2.75, 3.05) is 0 Å². The minimum Gasteiger partial charge on any atom is -0.408 e. The van der Waals surface area contributed by atoms with Gasteiger partial charge in [-0.3, -0.25) is 4.57 Å². The molecule has 2 aromatic rings. The number of benzene rings is 1. The summed E-state index contributed by atoms with van der Waals surface area (Å²) >= 11 is 5.76. The molecule has 1 aromatic carbocycles. The Morgan fingerprint density at radius 3 is 3.00 bits per heavy atom. The molecule has 1 heterocycles. The topological polar surface area (TPSA) is 61.2 Å². The fourth-order valence-corrected chi connectivity index (χ4v) is 1.37. The van der Waals surface area contributed by atoms with Gasteiger partial charge in [0.2, 0.25) is 0 Å². The molecule has 4 nitrogen and oxygen atoms in total. The summed E-state index contributed by atoms with van der Waals surface area (Å²) in [6.45, 7) is 0.0895. The van der Waals surface area contributed by atoms with E-state index in [-0.39, 0.29) is 6.67 Å². The predicted octanol–water partition coefficient (Wildman–Crippen LogP) is 1.16. The zero-order valence-electron chi connectivity index (χ0n) is 6.66. The van der Waals surface area contributed by atoms with Crippen molar-refractivity contribution >= 4 is 22.7 Å². The average molecular weight is 199 g/mol. The van der Waals surface area contributed by atoms with E-state index in [1.54, 1.807) is 18.2 Å². The third-order valence-electron chi connectivity index (χ3n) is 1.81. The van der Waals surface area contributed by atoms with Gasteiger partial charge < -0.3 is 10.2 Å². The molecule has 0 amide bonds. The van der Waals surface area contributed by atoms with E-state index in [2.05, 4.69) is 0 Å². The van der Waals surface area contributed by atoms with E-state index in [0.717, 1.165) is 0 Å². The molecular weight excluding hydrogens is 192 g/mol. The van der Waals surface area contributed by atoms with E-state index in [1.165, 1.54) is 4.57 Å². The van der Waals surface area contributed by atoms with Gasteiger partial charge in [0.1, 0.15) is 0 Å². The van der Waals surface area contributed by atoms with Gasteiger partial charge in [-0.2, -0.15) is 0 Å². The Bertz CT molecular complexity index is 500. The van der Waals surface area contributed by atoms with Crippen LogP contribution < -0.4 is 11.5 Å². The van der Waals surface area contributed by atoms with E-state index in [9.17, 15) is 4.79 Å². The van der Waals surface area contributed by atoms with Crippen molar-refractivity contribution in [1.82, 2.24) is 4.57 Å². The quantitative estimate of drug-likeness (QED) is 0.748. The molecule has 0 aliphatic rings. The van der Waals surface area contributed by atoms with Gasteiger partial charge in [0.25, 0.3) is 0 Å². The number of nitrogens with zero attached hydrogens (tertiary/aromatic N) is 1. The van der Waals surface area contributed by atoms with Gasteiger partial charge in [0, 0.05) is 5.02 Å². The first kappa shape index (κ1) is 8.34. The molecule has 0 unspecified atom stereocenters. The van der Waals surface area contributed by atoms with Gasteiger partial charge in [-0.1, -0.05) is 11.6 Å². The van der Waals surface area contributed by atoms with Crippen molar-refractivity contribution in [1.29, 1.82) is 0 Å². The highest BCUT2D eigenvalue weighted by molar-refractivity contribution is 6.31. The molecule has 68 valence electrons. The van der Waals surface area contributed by atoms with Crippen LogP contribution in [-0.4, -0.2) is 4.57 Å². The van der Waals surface area contributed by atoms with Crippen molar-refractivity contribution in [2.24, 2.45) is 5.73 Å². The third-order valence-corrected chi connectivity index (χ3v) is 2.05. The first-order valence-electron chi connectivity index (χ1n) is 3.71. The summed E-state index contributed by atoms with van der Waals surface area (Å²) in [6.07, 6.45) is 0. The fourth-order valence-electron chi connectivity index (χ4n) is 1.21. The van der Waals surface area contributed by atoms with Crippen LogP contribution in [-0.2, 0) is 6.67 Å². The molecular formula is C8H7ClN2O2. The van der Waals surface area contributed by atoms with Gasteiger partial charge in [-0.25, -0.2) is 4.79 Å². The molecule has 0 radical (unpaired) electrons. The highest BCUT2D eigenvalue weighted by Crippen LogP contribution is 2.17. The largest absolute Gasteiger partial charge is 0.421 e. The first-order chi connectivity index (χ1) is 6.22. The number of fused-ring (bicyclic) bond motifs is 1. The Balaban J connectivity index is 2.89. The minimum atomic E-state index is -0.459. The SMILES string of the molecule is NCn1c(=O)oc2ccc(Cl)cc21. The predicted molar refractivity (Wildman–Crippen MR) is 49.7 cm³/mol. The second-order valence-corrected chi connectivity index (χ2v) is 3.03. The minimum absolute atomic E-state index is 0.0895. The molecule has 5 heteroatoms. The standard InChI is InChI=1S/C8H7ClN2O2/c9-5-1-2-7-6(3-5)11(4-10)8(12)13-7/h1-3H,4,10H2. The lowest BCUT2D eigenvalue weighted by Crippen LogP contribution is -2.18. The van der Waals surface area contributed by atoms with Crippen LogP contribution in [0, 0.1) is 0 Å². The summed E-state index contributed by atoms with van der Waals surface area (Å²) < 4.78 is 6.23. The van der Waals surface area contributed by atoms with Crippen LogP contribution in [0.1, 0.15) is 0 Å². The molecule has 2 N–H and O–H groups in total.